The second kappa shape index (κ2) is 6.90. The number of carbonyl (C=O) groups excluding carboxylic acids is 2. The van der Waals surface area contributed by atoms with Crippen LogP contribution in [-0.2, 0) is 4.74 Å². The number of halogens is 1. The molecule has 0 bridgehead atoms. The van der Waals surface area contributed by atoms with Gasteiger partial charge in [0.1, 0.15) is 11.4 Å². The normalized spacial score (nSPS) is 16.3. The van der Waals surface area contributed by atoms with Gasteiger partial charge in [0, 0.05) is 29.8 Å². The lowest BCUT2D eigenvalue weighted by Crippen LogP contribution is -2.36. The van der Waals surface area contributed by atoms with E-state index in [0.717, 1.165) is 5.56 Å². The minimum Gasteiger partial charge on any atom is -0.507 e. The van der Waals surface area contributed by atoms with Gasteiger partial charge in [-0.3, -0.25) is 14.9 Å². The van der Waals surface area contributed by atoms with Crippen molar-refractivity contribution >= 4 is 40.1 Å². The number of rotatable bonds is 2. The van der Waals surface area contributed by atoms with Crippen LogP contribution >= 0.6 is 11.6 Å². The van der Waals surface area contributed by atoms with E-state index in [4.69, 9.17) is 21.5 Å². The van der Waals surface area contributed by atoms with Crippen molar-refractivity contribution < 1.29 is 24.6 Å². The highest BCUT2D eigenvalue weighted by Gasteiger charge is 2.37. The molecule has 0 spiro atoms. The molecular formula is C19H21ClN2O5. The molecule has 3 rings (SSSR count). The van der Waals surface area contributed by atoms with E-state index in [1.54, 1.807) is 38.4 Å². The predicted octanol–water partition coefficient (Wildman–Crippen LogP) is 3.74. The Balaban J connectivity index is 2.21. The molecule has 27 heavy (non-hydrogen) atoms. The quantitative estimate of drug-likeness (QED) is 0.410. The lowest BCUT2D eigenvalue weighted by molar-refractivity contribution is 0.0582. The fourth-order valence-electron chi connectivity index (χ4n) is 3.40. The van der Waals surface area contributed by atoms with Gasteiger partial charge < -0.3 is 9.84 Å². The molecule has 0 radical (unpaired) electrons. The molecular weight excluding hydrogens is 372 g/mol. The Morgan fingerprint density at radius 3 is 2.67 bits per heavy atom. The third-order valence-corrected chi connectivity index (χ3v) is 4.78. The summed E-state index contributed by atoms with van der Waals surface area (Å²) in [7, 11) is 0. The molecule has 0 fully saturated rings. The fourth-order valence-corrected chi connectivity index (χ4v) is 3.65. The number of benzene rings is 2. The summed E-state index contributed by atoms with van der Waals surface area (Å²) < 4.78 is 5.47. The van der Waals surface area contributed by atoms with Gasteiger partial charge in [-0.25, -0.2) is 10.3 Å². The van der Waals surface area contributed by atoms with Crippen molar-refractivity contribution in [2.45, 2.75) is 32.3 Å². The third-order valence-electron chi connectivity index (χ3n) is 4.41. The van der Waals surface area contributed by atoms with E-state index in [-0.39, 0.29) is 23.1 Å². The van der Waals surface area contributed by atoms with Gasteiger partial charge in [0.2, 0.25) is 0 Å². The number of hydroxylamine groups is 1. The maximum Gasteiger partial charge on any atom is 0.414 e. The highest BCUT2D eigenvalue weighted by atomic mass is 35.5. The number of alkyl halides is 1. The molecule has 3 N–H and O–H groups in total. The van der Waals surface area contributed by atoms with Crippen molar-refractivity contribution in [3.63, 3.8) is 0 Å². The molecule has 8 heteroatoms. The zero-order valence-corrected chi connectivity index (χ0v) is 16.0. The van der Waals surface area contributed by atoms with E-state index in [1.165, 1.54) is 17.0 Å². The number of amides is 2. The maximum atomic E-state index is 12.6. The number of carbonyl (C=O) groups is 2. The van der Waals surface area contributed by atoms with Gasteiger partial charge in [-0.15, -0.1) is 11.6 Å². The zero-order valence-electron chi connectivity index (χ0n) is 15.2. The van der Waals surface area contributed by atoms with Gasteiger partial charge in [0.15, 0.2) is 0 Å². The summed E-state index contributed by atoms with van der Waals surface area (Å²) >= 11 is 6.15. The van der Waals surface area contributed by atoms with Crippen molar-refractivity contribution in [1.29, 1.82) is 0 Å². The van der Waals surface area contributed by atoms with Gasteiger partial charge in [-0.1, -0.05) is 12.1 Å². The summed E-state index contributed by atoms with van der Waals surface area (Å²) in [5.74, 6) is -0.848. The van der Waals surface area contributed by atoms with Crippen LogP contribution in [0, 0.1) is 0 Å². The van der Waals surface area contributed by atoms with Gasteiger partial charge >= 0.3 is 6.09 Å². The smallest absolute Gasteiger partial charge is 0.414 e. The number of anilines is 1. The summed E-state index contributed by atoms with van der Waals surface area (Å²) in [6, 6.07) is 6.33. The van der Waals surface area contributed by atoms with E-state index in [2.05, 4.69) is 0 Å². The summed E-state index contributed by atoms with van der Waals surface area (Å²) in [4.78, 5) is 26.1. The molecule has 0 saturated carbocycles. The van der Waals surface area contributed by atoms with E-state index in [9.17, 15) is 14.7 Å². The first-order chi connectivity index (χ1) is 12.7. The van der Waals surface area contributed by atoms with E-state index >= 15 is 0 Å². The fraction of sp³-hybridized carbons (Fsp3) is 0.368. The maximum absolute atomic E-state index is 12.6. The van der Waals surface area contributed by atoms with Gasteiger partial charge in [0.25, 0.3) is 5.91 Å². The molecule has 0 aliphatic carbocycles. The molecule has 1 unspecified atom stereocenters. The van der Waals surface area contributed by atoms with Crippen LogP contribution in [0.5, 0.6) is 5.75 Å². The summed E-state index contributed by atoms with van der Waals surface area (Å²) in [6.45, 7) is 5.64. The Bertz CT molecular complexity index is 922. The molecule has 7 nitrogen and oxygen atoms in total. The second-order valence-corrected chi connectivity index (χ2v) is 7.75. The number of hydrogen-bond acceptors (Lipinski definition) is 5. The molecule has 1 atom stereocenters. The molecule has 0 saturated heterocycles. The number of ether oxygens (including phenoxy) is 1. The van der Waals surface area contributed by atoms with Crippen molar-refractivity contribution in [2.75, 3.05) is 17.3 Å². The number of nitrogens with zero attached hydrogens (tertiary/aromatic N) is 1. The molecule has 1 aliphatic rings. The van der Waals surface area contributed by atoms with Crippen molar-refractivity contribution in [3.8, 4) is 5.75 Å². The van der Waals surface area contributed by atoms with Crippen LogP contribution in [0.1, 0.15) is 42.6 Å². The minimum absolute atomic E-state index is 0.124. The topological polar surface area (TPSA) is 99.1 Å². The van der Waals surface area contributed by atoms with Gasteiger partial charge in [0.05, 0.1) is 11.3 Å². The molecule has 2 amide bonds. The van der Waals surface area contributed by atoms with Crippen LogP contribution < -0.4 is 10.4 Å². The number of phenols is 1. The lowest BCUT2D eigenvalue weighted by Gasteiger charge is -2.25. The van der Waals surface area contributed by atoms with Crippen molar-refractivity contribution in [1.82, 2.24) is 5.48 Å². The van der Waals surface area contributed by atoms with Gasteiger partial charge in [-0.05, 0) is 37.8 Å². The highest BCUT2D eigenvalue weighted by molar-refractivity contribution is 6.19. The molecule has 1 aliphatic heterocycles. The summed E-state index contributed by atoms with van der Waals surface area (Å²) in [5, 5.41) is 20.5. The SMILES string of the molecule is CC(C)(C)OC(=O)N1CC(CCl)c2c1cc(O)c1c(C(=O)NO)cccc21. The number of aromatic hydroxyl groups is 1. The Morgan fingerprint density at radius 2 is 2.07 bits per heavy atom. The third kappa shape index (κ3) is 3.40. The molecule has 2 aromatic carbocycles. The van der Waals surface area contributed by atoms with Crippen LogP contribution in [0.15, 0.2) is 24.3 Å². The van der Waals surface area contributed by atoms with E-state index in [1.807, 2.05) is 0 Å². The van der Waals surface area contributed by atoms with E-state index in [0.29, 0.717) is 23.0 Å². The second-order valence-electron chi connectivity index (χ2n) is 7.44. The number of hydrogen-bond donors (Lipinski definition) is 3. The van der Waals surface area contributed by atoms with Crippen LogP contribution in [0.3, 0.4) is 0 Å². The number of fused-ring (bicyclic) bond motifs is 3. The minimum atomic E-state index is -0.736. The van der Waals surface area contributed by atoms with Crippen LogP contribution in [0.4, 0.5) is 10.5 Å². The standard InChI is InChI=1S/C19H21ClN2O5/c1-19(2,3)27-18(25)22-9-10(8-20)15-11-5-4-6-12(17(24)21-26)16(11)14(23)7-13(15)22/h4-7,10,23,26H,8-9H2,1-3H3,(H,21,24). The van der Waals surface area contributed by atoms with E-state index < -0.39 is 17.6 Å². The first-order valence-corrected chi connectivity index (χ1v) is 9.01. The summed E-state index contributed by atoms with van der Waals surface area (Å²) in [5.41, 5.74) is 2.31. The zero-order chi connectivity index (χ0) is 19.9. The van der Waals surface area contributed by atoms with Crippen LogP contribution in [-0.4, -0.2) is 40.3 Å². The Labute approximate surface area is 161 Å². The molecule has 2 aromatic rings. The molecule has 144 valence electrons. The number of nitrogens with one attached hydrogen (secondary N) is 1. The van der Waals surface area contributed by atoms with Gasteiger partial charge in [-0.2, -0.15) is 0 Å². The highest BCUT2D eigenvalue weighted by Crippen LogP contribution is 2.46. The number of phenolic OH excluding ortho intramolecular Hbond substituents is 1. The Hall–Kier alpha value is -2.51. The largest absolute Gasteiger partial charge is 0.507 e. The first kappa shape index (κ1) is 19.3. The van der Waals surface area contributed by atoms with Crippen LogP contribution in [0.2, 0.25) is 0 Å². The predicted molar refractivity (Wildman–Crippen MR) is 102 cm³/mol. The van der Waals surface area contributed by atoms with Crippen molar-refractivity contribution in [3.05, 3.63) is 35.4 Å². The lowest BCUT2D eigenvalue weighted by atomic mass is 9.93. The Morgan fingerprint density at radius 1 is 1.37 bits per heavy atom. The molecule has 0 aromatic heterocycles. The van der Waals surface area contributed by atoms with Crippen molar-refractivity contribution in [2.24, 2.45) is 0 Å². The van der Waals surface area contributed by atoms with Crippen LogP contribution in [0.25, 0.3) is 10.8 Å². The average Bonchev–Trinajstić information content (AvgIpc) is 2.98. The average molecular weight is 393 g/mol. The molecule has 1 heterocycles. The Kier molecular flexibility index (Phi) is 4.92. The summed E-state index contributed by atoms with van der Waals surface area (Å²) in [6.07, 6.45) is -0.528. The monoisotopic (exact) mass is 392 g/mol. The first-order valence-electron chi connectivity index (χ1n) is 8.47.